The molecule has 0 N–H and O–H groups in total. The molecule has 1 rings (SSSR count). The molecule has 3 nitrogen and oxygen atoms in total. The molecule has 0 aromatic heterocycles. The van der Waals surface area contributed by atoms with Gasteiger partial charge in [0.1, 0.15) is 11.5 Å². The Morgan fingerprint density at radius 3 is 2.40 bits per heavy atom. The van der Waals surface area contributed by atoms with E-state index in [0.29, 0.717) is 6.42 Å². The Balaban J connectivity index is 2.57. The van der Waals surface area contributed by atoms with Gasteiger partial charge in [-0.25, -0.2) is 0 Å². The van der Waals surface area contributed by atoms with Gasteiger partial charge in [-0.15, -0.1) is 0 Å². The molecule has 1 aromatic carbocycles. The molecule has 0 amide bonds. The van der Waals surface area contributed by atoms with E-state index < -0.39 is 0 Å². The molecule has 0 radical (unpaired) electrons. The van der Waals surface area contributed by atoms with E-state index in [9.17, 15) is 4.79 Å². The van der Waals surface area contributed by atoms with Crippen molar-refractivity contribution in [2.75, 3.05) is 25.6 Å². The Morgan fingerprint density at radius 1 is 1.33 bits per heavy atom. The summed E-state index contributed by atoms with van der Waals surface area (Å²) in [6.07, 6.45) is 0.586. The summed E-state index contributed by atoms with van der Waals surface area (Å²) in [7, 11) is 3.62. The quantitative estimate of drug-likeness (QED) is 0.740. The lowest BCUT2D eigenvalue weighted by atomic mass is 10.2. The predicted molar refractivity (Wildman–Crippen MR) is 61.6 cm³/mol. The fourth-order valence-electron chi connectivity index (χ4n) is 1.29. The van der Waals surface area contributed by atoms with Gasteiger partial charge in [-0.2, -0.15) is 0 Å². The molecule has 82 valence electrons. The molecule has 0 aliphatic heterocycles. The zero-order valence-corrected chi connectivity index (χ0v) is 9.49. The van der Waals surface area contributed by atoms with Crippen molar-refractivity contribution in [1.29, 1.82) is 0 Å². The number of rotatable bonds is 5. The number of carbonyl (C=O) groups is 1. The van der Waals surface area contributed by atoms with E-state index in [2.05, 4.69) is 4.90 Å². The Morgan fingerprint density at radius 2 is 1.93 bits per heavy atom. The maximum atomic E-state index is 10.8. The number of methoxy groups -OCH3 is 1. The highest BCUT2D eigenvalue weighted by Gasteiger charge is 2.02. The molecule has 0 saturated heterocycles. The molecule has 0 aliphatic carbocycles. The van der Waals surface area contributed by atoms with Crippen molar-refractivity contribution in [1.82, 2.24) is 0 Å². The summed E-state index contributed by atoms with van der Waals surface area (Å²) in [6.45, 7) is 2.36. The van der Waals surface area contributed by atoms with Crippen molar-refractivity contribution >= 4 is 11.5 Å². The first-order chi connectivity index (χ1) is 7.13. The number of carbonyl (C=O) groups excluding carboxylic acids is 1. The van der Waals surface area contributed by atoms with Gasteiger partial charge in [-0.05, 0) is 31.2 Å². The van der Waals surface area contributed by atoms with Crippen molar-refractivity contribution in [2.45, 2.75) is 13.3 Å². The molecule has 0 fully saturated rings. The topological polar surface area (TPSA) is 29.5 Å². The van der Waals surface area contributed by atoms with Crippen LogP contribution in [-0.2, 0) is 4.79 Å². The molecule has 1 aromatic rings. The molecule has 15 heavy (non-hydrogen) atoms. The van der Waals surface area contributed by atoms with E-state index in [1.165, 1.54) is 0 Å². The first kappa shape index (κ1) is 11.6. The van der Waals surface area contributed by atoms with Gasteiger partial charge >= 0.3 is 0 Å². The zero-order valence-electron chi connectivity index (χ0n) is 9.49. The van der Waals surface area contributed by atoms with E-state index in [1.807, 2.05) is 31.3 Å². The van der Waals surface area contributed by atoms with Crippen LogP contribution in [0.5, 0.6) is 5.75 Å². The lowest BCUT2D eigenvalue weighted by Gasteiger charge is -2.18. The Bertz CT molecular complexity index is 319. The van der Waals surface area contributed by atoms with Gasteiger partial charge in [0.05, 0.1) is 7.11 Å². The average molecular weight is 207 g/mol. The molecule has 0 spiro atoms. The number of ketones is 1. The number of anilines is 1. The summed E-state index contributed by atoms with van der Waals surface area (Å²) < 4.78 is 5.07. The molecule has 3 heteroatoms. The lowest BCUT2D eigenvalue weighted by Crippen LogP contribution is -2.20. The molecule has 0 atom stereocenters. The molecule has 0 saturated carbocycles. The SMILES string of the molecule is COc1ccc(N(C)CCC(C)=O)cc1. The Hall–Kier alpha value is -1.51. The molecule has 0 heterocycles. The first-order valence-corrected chi connectivity index (χ1v) is 4.98. The molecule has 0 bridgehead atoms. The molecule has 0 unspecified atom stereocenters. The summed E-state index contributed by atoms with van der Waals surface area (Å²) in [6, 6.07) is 7.80. The van der Waals surface area contributed by atoms with Gasteiger partial charge < -0.3 is 9.64 Å². The van der Waals surface area contributed by atoms with Crippen LogP contribution in [-0.4, -0.2) is 26.5 Å². The summed E-state index contributed by atoms with van der Waals surface area (Å²) in [5.74, 6) is 1.06. The van der Waals surface area contributed by atoms with Crippen molar-refractivity contribution in [3.8, 4) is 5.75 Å². The highest BCUT2D eigenvalue weighted by Crippen LogP contribution is 2.17. The van der Waals surface area contributed by atoms with E-state index in [0.717, 1.165) is 18.0 Å². The highest BCUT2D eigenvalue weighted by atomic mass is 16.5. The monoisotopic (exact) mass is 207 g/mol. The van der Waals surface area contributed by atoms with Crippen LogP contribution in [0.2, 0.25) is 0 Å². The van der Waals surface area contributed by atoms with E-state index in [-0.39, 0.29) is 5.78 Å². The van der Waals surface area contributed by atoms with Crippen molar-refractivity contribution < 1.29 is 9.53 Å². The van der Waals surface area contributed by atoms with Gasteiger partial charge in [-0.3, -0.25) is 4.79 Å². The van der Waals surface area contributed by atoms with Crippen LogP contribution in [0.15, 0.2) is 24.3 Å². The number of hydrogen-bond acceptors (Lipinski definition) is 3. The number of ether oxygens (including phenoxy) is 1. The third-order valence-corrected chi connectivity index (χ3v) is 2.31. The van der Waals surface area contributed by atoms with Crippen molar-refractivity contribution in [3.63, 3.8) is 0 Å². The Labute approximate surface area is 90.7 Å². The van der Waals surface area contributed by atoms with Gasteiger partial charge in [0, 0.05) is 25.7 Å². The number of benzene rings is 1. The normalized spacial score (nSPS) is 9.80. The largest absolute Gasteiger partial charge is 0.497 e. The summed E-state index contributed by atoms with van der Waals surface area (Å²) in [4.78, 5) is 12.9. The maximum absolute atomic E-state index is 10.8. The minimum absolute atomic E-state index is 0.218. The van der Waals surface area contributed by atoms with Gasteiger partial charge in [-0.1, -0.05) is 0 Å². The number of hydrogen-bond donors (Lipinski definition) is 0. The number of Topliss-reactive ketones (excluding diaryl/α,β-unsaturated/α-hetero) is 1. The fraction of sp³-hybridized carbons (Fsp3) is 0.417. The van der Waals surface area contributed by atoms with Crippen LogP contribution >= 0.6 is 0 Å². The van der Waals surface area contributed by atoms with Crippen LogP contribution in [0, 0.1) is 0 Å². The Kier molecular flexibility index (Phi) is 4.16. The lowest BCUT2D eigenvalue weighted by molar-refractivity contribution is -0.116. The third-order valence-electron chi connectivity index (χ3n) is 2.31. The van der Waals surface area contributed by atoms with Gasteiger partial charge in [0.25, 0.3) is 0 Å². The minimum Gasteiger partial charge on any atom is -0.497 e. The third kappa shape index (κ3) is 3.62. The van der Waals surface area contributed by atoms with Crippen LogP contribution in [0.3, 0.4) is 0 Å². The van der Waals surface area contributed by atoms with Gasteiger partial charge in [0.15, 0.2) is 0 Å². The second kappa shape index (κ2) is 5.39. The van der Waals surface area contributed by atoms with E-state index in [1.54, 1.807) is 14.0 Å². The predicted octanol–water partition coefficient (Wildman–Crippen LogP) is 2.11. The zero-order chi connectivity index (χ0) is 11.3. The minimum atomic E-state index is 0.218. The van der Waals surface area contributed by atoms with Crippen molar-refractivity contribution in [2.24, 2.45) is 0 Å². The first-order valence-electron chi connectivity index (χ1n) is 4.98. The summed E-state index contributed by atoms with van der Waals surface area (Å²) in [5.41, 5.74) is 1.09. The summed E-state index contributed by atoms with van der Waals surface area (Å²) >= 11 is 0. The van der Waals surface area contributed by atoms with Crippen molar-refractivity contribution in [3.05, 3.63) is 24.3 Å². The fourth-order valence-corrected chi connectivity index (χ4v) is 1.29. The smallest absolute Gasteiger partial charge is 0.131 e. The second-order valence-electron chi connectivity index (χ2n) is 3.57. The maximum Gasteiger partial charge on any atom is 0.131 e. The van der Waals surface area contributed by atoms with Crippen LogP contribution in [0.1, 0.15) is 13.3 Å². The highest BCUT2D eigenvalue weighted by molar-refractivity contribution is 5.76. The average Bonchev–Trinajstić information content (AvgIpc) is 2.26. The van der Waals surface area contributed by atoms with Crippen LogP contribution < -0.4 is 9.64 Å². The number of nitrogens with zero attached hydrogens (tertiary/aromatic N) is 1. The van der Waals surface area contributed by atoms with Crippen LogP contribution in [0.4, 0.5) is 5.69 Å². The van der Waals surface area contributed by atoms with Gasteiger partial charge in [0.2, 0.25) is 0 Å². The second-order valence-corrected chi connectivity index (χ2v) is 3.57. The molecular weight excluding hydrogens is 190 g/mol. The van der Waals surface area contributed by atoms with E-state index in [4.69, 9.17) is 4.74 Å². The van der Waals surface area contributed by atoms with Crippen LogP contribution in [0.25, 0.3) is 0 Å². The van der Waals surface area contributed by atoms with E-state index >= 15 is 0 Å². The molecular formula is C12H17NO2. The standard InChI is InChI=1S/C12H17NO2/c1-10(14)8-9-13(2)11-4-6-12(15-3)7-5-11/h4-7H,8-9H2,1-3H3. The summed E-state index contributed by atoms with van der Waals surface area (Å²) in [5, 5.41) is 0. The molecule has 0 aliphatic rings.